The summed E-state index contributed by atoms with van der Waals surface area (Å²) in [5, 5.41) is 2.42. The van der Waals surface area contributed by atoms with Gasteiger partial charge in [0.1, 0.15) is 17.3 Å². The van der Waals surface area contributed by atoms with Crippen LogP contribution in [0.1, 0.15) is 11.5 Å². The smallest absolute Gasteiger partial charge is 0.248 e. The molecular formula is C20H16BrFN2O4S. The minimum Gasteiger partial charge on any atom is -0.460 e. The zero-order valence-electron chi connectivity index (χ0n) is 14.9. The quantitative estimate of drug-likeness (QED) is 0.495. The third kappa shape index (κ3) is 5.86. The molecule has 0 saturated carbocycles. The van der Waals surface area contributed by atoms with Crippen LogP contribution >= 0.6 is 15.9 Å². The van der Waals surface area contributed by atoms with E-state index in [0.29, 0.717) is 16.0 Å². The van der Waals surface area contributed by atoms with E-state index in [-0.39, 0.29) is 17.1 Å². The number of furan rings is 1. The standard InChI is InChI=1S/C20H16BrFN2O4S/c21-14-6-10-19(18(22)12-14)24-20(25)11-9-15-7-8-16(28-15)13-23-29(26,27)17-4-2-1-3-5-17/h1-12,23H,13H2,(H,24,25)/b11-9+. The summed E-state index contributed by atoms with van der Waals surface area (Å²) in [5.74, 6) is -0.366. The first-order chi connectivity index (χ1) is 13.8. The van der Waals surface area contributed by atoms with E-state index >= 15 is 0 Å². The molecule has 6 nitrogen and oxygen atoms in total. The van der Waals surface area contributed by atoms with Crippen LogP contribution in [0.4, 0.5) is 10.1 Å². The van der Waals surface area contributed by atoms with Crippen molar-refractivity contribution >= 4 is 43.6 Å². The van der Waals surface area contributed by atoms with E-state index in [4.69, 9.17) is 4.42 Å². The van der Waals surface area contributed by atoms with E-state index in [9.17, 15) is 17.6 Å². The third-order valence-corrected chi connectivity index (χ3v) is 5.67. The van der Waals surface area contributed by atoms with Crippen LogP contribution in [0.25, 0.3) is 6.08 Å². The van der Waals surface area contributed by atoms with E-state index in [0.717, 1.165) is 0 Å². The van der Waals surface area contributed by atoms with Crippen LogP contribution in [-0.4, -0.2) is 14.3 Å². The lowest BCUT2D eigenvalue weighted by Crippen LogP contribution is -2.22. The highest BCUT2D eigenvalue weighted by Gasteiger charge is 2.13. The Kier molecular flexibility index (Phi) is 6.63. The second-order valence-corrected chi connectivity index (χ2v) is 8.57. The molecule has 29 heavy (non-hydrogen) atoms. The summed E-state index contributed by atoms with van der Waals surface area (Å²) in [5.41, 5.74) is 0.0540. The Bertz CT molecular complexity index is 1140. The predicted molar refractivity (Wildman–Crippen MR) is 111 cm³/mol. The molecule has 0 aliphatic heterocycles. The van der Waals surface area contributed by atoms with Crippen molar-refractivity contribution in [1.29, 1.82) is 0 Å². The molecule has 0 atom stereocenters. The Morgan fingerprint density at radius 2 is 1.86 bits per heavy atom. The first-order valence-electron chi connectivity index (χ1n) is 8.41. The van der Waals surface area contributed by atoms with Crippen LogP contribution in [0.15, 0.2) is 80.5 Å². The molecule has 1 aromatic heterocycles. The number of sulfonamides is 1. The van der Waals surface area contributed by atoms with Crippen LogP contribution in [0.3, 0.4) is 0 Å². The number of carbonyl (C=O) groups excluding carboxylic acids is 1. The summed E-state index contributed by atoms with van der Waals surface area (Å²) in [6.07, 6.45) is 2.60. The van der Waals surface area contributed by atoms with Gasteiger partial charge in [-0.2, -0.15) is 0 Å². The van der Waals surface area contributed by atoms with E-state index in [1.807, 2.05) is 0 Å². The van der Waals surface area contributed by atoms with Gasteiger partial charge in [-0.1, -0.05) is 34.1 Å². The van der Waals surface area contributed by atoms with Crippen molar-refractivity contribution in [2.75, 3.05) is 5.32 Å². The van der Waals surface area contributed by atoms with E-state index in [1.54, 1.807) is 36.4 Å². The minimum atomic E-state index is -3.65. The molecule has 0 unspecified atom stereocenters. The van der Waals surface area contributed by atoms with Crippen molar-refractivity contribution in [2.24, 2.45) is 0 Å². The van der Waals surface area contributed by atoms with Crippen LogP contribution in [0, 0.1) is 5.82 Å². The molecule has 0 radical (unpaired) electrons. The average Bonchev–Trinajstić information content (AvgIpc) is 3.16. The molecule has 0 fully saturated rings. The van der Waals surface area contributed by atoms with Crippen molar-refractivity contribution in [3.63, 3.8) is 0 Å². The van der Waals surface area contributed by atoms with E-state index < -0.39 is 21.7 Å². The zero-order valence-corrected chi connectivity index (χ0v) is 17.3. The van der Waals surface area contributed by atoms with Crippen molar-refractivity contribution in [3.05, 3.63) is 88.6 Å². The molecule has 1 heterocycles. The first-order valence-corrected chi connectivity index (χ1v) is 10.7. The summed E-state index contributed by atoms with van der Waals surface area (Å²) in [6.45, 7) is -0.0403. The summed E-state index contributed by atoms with van der Waals surface area (Å²) < 4.78 is 46.6. The van der Waals surface area contributed by atoms with Crippen molar-refractivity contribution in [2.45, 2.75) is 11.4 Å². The van der Waals surface area contributed by atoms with Gasteiger partial charge in [-0.05, 0) is 48.5 Å². The van der Waals surface area contributed by atoms with Crippen molar-refractivity contribution in [3.8, 4) is 0 Å². The largest absolute Gasteiger partial charge is 0.460 e. The first kappa shape index (κ1) is 21.0. The number of hydrogen-bond donors (Lipinski definition) is 2. The van der Waals surface area contributed by atoms with Gasteiger partial charge >= 0.3 is 0 Å². The third-order valence-electron chi connectivity index (χ3n) is 3.76. The van der Waals surface area contributed by atoms with Gasteiger partial charge in [0, 0.05) is 10.5 Å². The summed E-state index contributed by atoms with van der Waals surface area (Å²) >= 11 is 3.14. The second kappa shape index (κ2) is 9.17. The Balaban J connectivity index is 1.57. The number of carbonyl (C=O) groups is 1. The van der Waals surface area contributed by atoms with Gasteiger partial charge < -0.3 is 9.73 Å². The lowest BCUT2D eigenvalue weighted by atomic mass is 10.3. The molecule has 0 aliphatic carbocycles. The van der Waals surface area contributed by atoms with Gasteiger partial charge in [-0.3, -0.25) is 4.79 Å². The lowest BCUT2D eigenvalue weighted by Gasteiger charge is -2.04. The van der Waals surface area contributed by atoms with Crippen LogP contribution < -0.4 is 10.0 Å². The van der Waals surface area contributed by atoms with Gasteiger partial charge in [0.2, 0.25) is 15.9 Å². The average molecular weight is 479 g/mol. The molecule has 9 heteroatoms. The predicted octanol–water partition coefficient (Wildman–Crippen LogP) is 4.31. The van der Waals surface area contributed by atoms with Crippen molar-refractivity contribution < 1.29 is 22.0 Å². The maximum Gasteiger partial charge on any atom is 0.248 e. The van der Waals surface area contributed by atoms with Gasteiger partial charge in [0.05, 0.1) is 17.1 Å². The fourth-order valence-electron chi connectivity index (χ4n) is 2.35. The minimum absolute atomic E-state index is 0.0403. The fourth-order valence-corrected chi connectivity index (χ4v) is 3.70. The maximum atomic E-state index is 13.7. The van der Waals surface area contributed by atoms with Crippen LogP contribution in [0.5, 0.6) is 0 Å². The molecular weight excluding hydrogens is 463 g/mol. The number of hydrogen-bond acceptors (Lipinski definition) is 4. The Hall–Kier alpha value is -2.75. The molecule has 0 saturated heterocycles. The lowest BCUT2D eigenvalue weighted by molar-refractivity contribution is -0.111. The molecule has 2 aromatic carbocycles. The molecule has 0 spiro atoms. The number of amides is 1. The molecule has 2 N–H and O–H groups in total. The summed E-state index contributed by atoms with van der Waals surface area (Å²) in [4.78, 5) is 12.1. The highest BCUT2D eigenvalue weighted by Crippen LogP contribution is 2.19. The Morgan fingerprint density at radius 3 is 2.59 bits per heavy atom. The number of nitrogens with one attached hydrogen (secondary N) is 2. The molecule has 3 aromatic rings. The normalized spacial score (nSPS) is 11.7. The van der Waals surface area contributed by atoms with E-state index in [2.05, 4.69) is 26.0 Å². The van der Waals surface area contributed by atoms with Gasteiger partial charge in [-0.15, -0.1) is 0 Å². The molecule has 3 rings (SSSR count). The monoisotopic (exact) mass is 478 g/mol. The topological polar surface area (TPSA) is 88.4 Å². The molecule has 150 valence electrons. The number of rotatable bonds is 7. The van der Waals surface area contributed by atoms with Gasteiger partial charge in [-0.25, -0.2) is 17.5 Å². The highest BCUT2D eigenvalue weighted by atomic mass is 79.9. The molecule has 1 amide bonds. The maximum absolute atomic E-state index is 13.7. The summed E-state index contributed by atoms with van der Waals surface area (Å²) in [6, 6.07) is 15.5. The second-order valence-electron chi connectivity index (χ2n) is 5.89. The van der Waals surface area contributed by atoms with E-state index in [1.165, 1.54) is 36.4 Å². The zero-order chi connectivity index (χ0) is 20.9. The van der Waals surface area contributed by atoms with Gasteiger partial charge in [0.25, 0.3) is 0 Å². The fraction of sp³-hybridized carbons (Fsp3) is 0.0500. The number of benzene rings is 2. The SMILES string of the molecule is O=C(/C=C/c1ccc(CNS(=O)(=O)c2ccccc2)o1)Nc1ccc(Br)cc1F. The van der Waals surface area contributed by atoms with Crippen molar-refractivity contribution in [1.82, 2.24) is 4.72 Å². The Labute approximate surface area is 175 Å². The Morgan fingerprint density at radius 1 is 1.10 bits per heavy atom. The van der Waals surface area contributed by atoms with Crippen LogP contribution in [-0.2, 0) is 21.4 Å². The summed E-state index contributed by atoms with van der Waals surface area (Å²) in [7, 11) is -3.65. The molecule has 0 bridgehead atoms. The molecule has 0 aliphatic rings. The number of anilines is 1. The van der Waals surface area contributed by atoms with Crippen LogP contribution in [0.2, 0.25) is 0 Å². The highest BCUT2D eigenvalue weighted by molar-refractivity contribution is 9.10. The number of halogens is 2. The van der Waals surface area contributed by atoms with Gasteiger partial charge in [0.15, 0.2) is 0 Å².